The van der Waals surface area contributed by atoms with Crippen molar-refractivity contribution < 1.29 is 28.9 Å². The van der Waals surface area contributed by atoms with E-state index in [0.29, 0.717) is 58.7 Å². The van der Waals surface area contributed by atoms with Crippen LogP contribution in [0.2, 0.25) is 0 Å². The molecule has 8 nitrogen and oxygen atoms in total. The zero-order valence-corrected chi connectivity index (χ0v) is 14.4. The number of amides is 2. The van der Waals surface area contributed by atoms with Crippen LogP contribution in [0.1, 0.15) is 32.1 Å². The Bertz CT molecular complexity index is 549. The first kappa shape index (κ1) is 17.1. The van der Waals surface area contributed by atoms with E-state index in [1.54, 1.807) is 4.90 Å². The van der Waals surface area contributed by atoms with E-state index in [1.165, 1.54) is 0 Å². The van der Waals surface area contributed by atoms with Gasteiger partial charge >= 0.3 is 12.0 Å². The van der Waals surface area contributed by atoms with E-state index in [2.05, 4.69) is 5.32 Å². The van der Waals surface area contributed by atoms with Crippen molar-refractivity contribution >= 4 is 12.0 Å². The number of nitrogens with zero attached hydrogens (tertiary/aromatic N) is 1. The van der Waals surface area contributed by atoms with Crippen molar-refractivity contribution in [3.8, 4) is 0 Å². The molecule has 4 rings (SSSR count). The Kier molecular flexibility index (Phi) is 4.37. The van der Waals surface area contributed by atoms with Crippen molar-refractivity contribution in [2.45, 2.75) is 44.0 Å². The number of carboxylic acids is 1. The Morgan fingerprint density at radius 2 is 2.04 bits per heavy atom. The zero-order chi connectivity index (χ0) is 17.5. The number of hydrogen-bond acceptors (Lipinski definition) is 5. The smallest absolute Gasteiger partial charge is 0.317 e. The molecule has 0 aromatic carbocycles. The van der Waals surface area contributed by atoms with Gasteiger partial charge in [-0.05, 0) is 18.8 Å². The minimum atomic E-state index is -0.765. The van der Waals surface area contributed by atoms with Gasteiger partial charge < -0.3 is 29.5 Å². The highest BCUT2D eigenvalue weighted by Crippen LogP contribution is 2.48. The van der Waals surface area contributed by atoms with Gasteiger partial charge in [0.15, 0.2) is 5.79 Å². The van der Waals surface area contributed by atoms with Gasteiger partial charge in [0.05, 0.1) is 25.2 Å². The lowest BCUT2D eigenvalue weighted by atomic mass is 9.81. The predicted molar refractivity (Wildman–Crippen MR) is 86.0 cm³/mol. The predicted octanol–water partition coefficient (Wildman–Crippen LogP) is 0.805. The summed E-state index contributed by atoms with van der Waals surface area (Å²) >= 11 is 0. The van der Waals surface area contributed by atoms with E-state index >= 15 is 0 Å². The average molecular weight is 354 g/mol. The fourth-order valence-corrected chi connectivity index (χ4v) is 4.77. The highest BCUT2D eigenvalue weighted by molar-refractivity contribution is 5.80. The quantitative estimate of drug-likeness (QED) is 0.778. The van der Waals surface area contributed by atoms with E-state index in [1.807, 2.05) is 0 Å². The monoisotopic (exact) mass is 354 g/mol. The normalized spacial score (nSPS) is 36.6. The van der Waals surface area contributed by atoms with Crippen LogP contribution in [0.5, 0.6) is 0 Å². The number of carboxylic acid groups (broad SMARTS) is 1. The summed E-state index contributed by atoms with van der Waals surface area (Å²) in [7, 11) is 0. The van der Waals surface area contributed by atoms with Gasteiger partial charge in [0.1, 0.15) is 6.10 Å². The first-order valence-electron chi connectivity index (χ1n) is 9.19. The number of aliphatic carboxylic acids is 1. The molecule has 0 aromatic heterocycles. The van der Waals surface area contributed by atoms with Gasteiger partial charge in [0, 0.05) is 32.5 Å². The first-order valence-corrected chi connectivity index (χ1v) is 9.19. The van der Waals surface area contributed by atoms with Crippen molar-refractivity contribution in [1.29, 1.82) is 0 Å². The van der Waals surface area contributed by atoms with E-state index in [9.17, 15) is 14.7 Å². The molecule has 0 bridgehead atoms. The maximum atomic E-state index is 12.5. The van der Waals surface area contributed by atoms with Crippen molar-refractivity contribution in [2.75, 3.05) is 39.5 Å². The van der Waals surface area contributed by atoms with E-state index < -0.39 is 17.2 Å². The molecule has 3 heterocycles. The van der Waals surface area contributed by atoms with Gasteiger partial charge in [-0.3, -0.25) is 4.79 Å². The molecule has 1 aliphatic carbocycles. The SMILES string of the molecule is O=C(NCC1COC2(CCOCC2)O1)N1C[C@@H]2CCC[C@@]2(C(=O)O)C1. The molecule has 25 heavy (non-hydrogen) atoms. The minimum absolute atomic E-state index is 0.0762. The maximum Gasteiger partial charge on any atom is 0.317 e. The van der Waals surface area contributed by atoms with Crippen LogP contribution < -0.4 is 5.32 Å². The fourth-order valence-electron chi connectivity index (χ4n) is 4.77. The molecule has 8 heteroatoms. The molecule has 4 aliphatic rings. The van der Waals surface area contributed by atoms with Crippen molar-refractivity contribution in [3.05, 3.63) is 0 Å². The molecule has 4 fully saturated rings. The summed E-state index contributed by atoms with van der Waals surface area (Å²) < 4.78 is 17.2. The molecular weight excluding hydrogens is 328 g/mol. The third-order valence-corrected chi connectivity index (χ3v) is 6.23. The molecule has 3 aliphatic heterocycles. The zero-order valence-electron chi connectivity index (χ0n) is 14.4. The van der Waals surface area contributed by atoms with Crippen LogP contribution in [0, 0.1) is 11.3 Å². The van der Waals surface area contributed by atoms with Crippen LogP contribution in [-0.4, -0.2) is 73.4 Å². The lowest BCUT2D eigenvalue weighted by Gasteiger charge is -2.31. The van der Waals surface area contributed by atoms with E-state index in [-0.39, 0.29) is 18.1 Å². The third-order valence-electron chi connectivity index (χ3n) is 6.23. The largest absolute Gasteiger partial charge is 0.481 e. The maximum absolute atomic E-state index is 12.5. The number of ether oxygens (including phenoxy) is 3. The molecular formula is C17H26N2O6. The molecule has 3 saturated heterocycles. The molecule has 2 N–H and O–H groups in total. The van der Waals surface area contributed by atoms with Gasteiger partial charge in [0.2, 0.25) is 0 Å². The van der Waals surface area contributed by atoms with Crippen LogP contribution >= 0.6 is 0 Å². The Morgan fingerprint density at radius 3 is 2.76 bits per heavy atom. The fraction of sp³-hybridized carbons (Fsp3) is 0.882. The summed E-state index contributed by atoms with van der Waals surface area (Å²) in [5, 5.41) is 12.5. The molecule has 3 atom stereocenters. The number of rotatable bonds is 3. The van der Waals surface area contributed by atoms with Gasteiger partial charge in [-0.15, -0.1) is 0 Å². The van der Waals surface area contributed by atoms with E-state index in [4.69, 9.17) is 14.2 Å². The molecule has 2 amide bonds. The minimum Gasteiger partial charge on any atom is -0.481 e. The number of nitrogens with one attached hydrogen (secondary N) is 1. The second-order valence-electron chi connectivity index (χ2n) is 7.69. The first-order chi connectivity index (χ1) is 12.0. The summed E-state index contributed by atoms with van der Waals surface area (Å²) in [6.45, 7) is 2.94. The summed E-state index contributed by atoms with van der Waals surface area (Å²) in [5.41, 5.74) is -0.740. The molecule has 1 spiro atoms. The number of likely N-dealkylation sites (tertiary alicyclic amines) is 1. The number of carbonyl (C=O) groups is 2. The molecule has 1 unspecified atom stereocenters. The Labute approximate surface area is 146 Å². The molecule has 140 valence electrons. The number of carbonyl (C=O) groups excluding carboxylic acids is 1. The second-order valence-corrected chi connectivity index (χ2v) is 7.69. The van der Waals surface area contributed by atoms with Crippen molar-refractivity contribution in [2.24, 2.45) is 11.3 Å². The average Bonchev–Trinajstić information content (AvgIpc) is 3.26. The number of hydrogen-bond donors (Lipinski definition) is 2. The molecule has 0 aromatic rings. The van der Waals surface area contributed by atoms with Gasteiger partial charge in [-0.25, -0.2) is 4.79 Å². The van der Waals surface area contributed by atoms with Crippen LogP contribution in [0.4, 0.5) is 4.79 Å². The van der Waals surface area contributed by atoms with Crippen LogP contribution in [-0.2, 0) is 19.0 Å². The van der Waals surface area contributed by atoms with Crippen LogP contribution in [0.25, 0.3) is 0 Å². The molecule has 0 radical (unpaired) electrons. The van der Waals surface area contributed by atoms with E-state index in [0.717, 1.165) is 12.8 Å². The van der Waals surface area contributed by atoms with Gasteiger partial charge in [-0.1, -0.05) is 6.42 Å². The van der Waals surface area contributed by atoms with Gasteiger partial charge in [-0.2, -0.15) is 0 Å². The van der Waals surface area contributed by atoms with Gasteiger partial charge in [0.25, 0.3) is 0 Å². The Balaban J connectivity index is 1.28. The second kappa shape index (κ2) is 6.41. The summed E-state index contributed by atoms with van der Waals surface area (Å²) in [4.78, 5) is 25.8. The Morgan fingerprint density at radius 1 is 1.24 bits per heavy atom. The Hall–Kier alpha value is -1.38. The van der Waals surface area contributed by atoms with Crippen molar-refractivity contribution in [1.82, 2.24) is 10.2 Å². The lowest BCUT2D eigenvalue weighted by Crippen LogP contribution is -2.45. The standard InChI is InChI=1S/C17H26N2O6/c20-14(21)16-3-1-2-12(16)9-19(11-16)15(22)18-8-13-10-24-17(25-13)4-6-23-7-5-17/h12-13H,1-11H2,(H,18,22)(H,20,21)/t12-,13?,16+/m0/s1. The highest BCUT2D eigenvalue weighted by atomic mass is 16.7. The summed E-state index contributed by atoms with van der Waals surface area (Å²) in [6, 6.07) is -0.202. The topological polar surface area (TPSA) is 97.3 Å². The molecule has 1 saturated carbocycles. The lowest BCUT2D eigenvalue weighted by molar-refractivity contribution is -0.210. The van der Waals surface area contributed by atoms with Crippen molar-refractivity contribution in [3.63, 3.8) is 0 Å². The highest BCUT2D eigenvalue weighted by Gasteiger charge is 2.55. The van der Waals surface area contributed by atoms with Crippen LogP contribution in [0.15, 0.2) is 0 Å². The number of fused-ring (bicyclic) bond motifs is 1. The third kappa shape index (κ3) is 3.00. The van der Waals surface area contributed by atoms with Crippen LogP contribution in [0.3, 0.4) is 0 Å². The summed E-state index contributed by atoms with van der Waals surface area (Å²) in [6.07, 6.45) is 3.75. The number of urea groups is 1. The summed E-state index contributed by atoms with van der Waals surface area (Å²) in [5.74, 6) is -1.24.